The Morgan fingerprint density at radius 3 is 2.83 bits per heavy atom. The molecule has 0 aliphatic rings. The minimum Gasteiger partial charge on any atom is -0.464 e. The number of hydrogen-bond acceptors (Lipinski definition) is 4. The topological polar surface area (TPSA) is 52.3 Å². The highest BCUT2D eigenvalue weighted by molar-refractivity contribution is 14.1. The standard InChI is InChI=1S/C7H8INO3/c1-4-6(7(10)11-2)9-5(3-8)12-4/h3H2,1-2H3. The van der Waals surface area contributed by atoms with Crippen LogP contribution in [0.1, 0.15) is 22.1 Å². The molecular weight excluding hydrogens is 273 g/mol. The molecule has 0 atom stereocenters. The molecule has 12 heavy (non-hydrogen) atoms. The van der Waals surface area contributed by atoms with E-state index in [0.29, 0.717) is 16.1 Å². The van der Waals surface area contributed by atoms with Gasteiger partial charge in [-0.05, 0) is 6.92 Å². The highest BCUT2D eigenvalue weighted by Crippen LogP contribution is 2.12. The monoisotopic (exact) mass is 281 g/mol. The Bertz CT molecular complexity index is 295. The summed E-state index contributed by atoms with van der Waals surface area (Å²) in [4.78, 5) is 15.0. The fraction of sp³-hybridized carbons (Fsp3) is 0.429. The summed E-state index contributed by atoms with van der Waals surface area (Å²) >= 11 is 2.11. The van der Waals surface area contributed by atoms with Gasteiger partial charge in [0.15, 0.2) is 5.69 Å². The van der Waals surface area contributed by atoms with E-state index < -0.39 is 5.97 Å². The van der Waals surface area contributed by atoms with Crippen molar-refractivity contribution in [2.24, 2.45) is 0 Å². The van der Waals surface area contributed by atoms with E-state index >= 15 is 0 Å². The summed E-state index contributed by atoms with van der Waals surface area (Å²) < 4.78 is 10.3. The molecule has 0 aliphatic carbocycles. The Balaban J connectivity index is 2.99. The highest BCUT2D eigenvalue weighted by atomic mass is 127. The quantitative estimate of drug-likeness (QED) is 0.470. The SMILES string of the molecule is COC(=O)c1nc(CI)oc1C. The van der Waals surface area contributed by atoms with Crippen molar-refractivity contribution in [3.8, 4) is 0 Å². The molecule has 0 radical (unpaired) electrons. The second kappa shape index (κ2) is 3.88. The van der Waals surface area contributed by atoms with E-state index in [0.717, 1.165) is 0 Å². The molecule has 0 spiro atoms. The van der Waals surface area contributed by atoms with Crippen LogP contribution in [0.25, 0.3) is 0 Å². The van der Waals surface area contributed by atoms with Gasteiger partial charge in [-0.25, -0.2) is 9.78 Å². The van der Waals surface area contributed by atoms with Crippen LogP contribution in [0, 0.1) is 6.92 Å². The van der Waals surface area contributed by atoms with Gasteiger partial charge in [0.1, 0.15) is 5.76 Å². The fourth-order valence-corrected chi connectivity index (χ4v) is 1.12. The van der Waals surface area contributed by atoms with Crippen molar-refractivity contribution >= 4 is 28.6 Å². The Morgan fingerprint density at radius 2 is 2.42 bits per heavy atom. The molecule has 0 bridgehead atoms. The van der Waals surface area contributed by atoms with Crippen molar-refractivity contribution in [1.29, 1.82) is 0 Å². The normalized spacial score (nSPS) is 9.92. The zero-order valence-electron chi connectivity index (χ0n) is 6.76. The van der Waals surface area contributed by atoms with Gasteiger partial charge in [0.05, 0.1) is 11.5 Å². The van der Waals surface area contributed by atoms with Gasteiger partial charge in [-0.3, -0.25) is 0 Å². The van der Waals surface area contributed by atoms with Crippen molar-refractivity contribution in [3.05, 3.63) is 17.3 Å². The zero-order chi connectivity index (χ0) is 9.14. The number of rotatable bonds is 2. The molecule has 0 saturated heterocycles. The third kappa shape index (κ3) is 1.77. The molecule has 66 valence electrons. The molecule has 4 nitrogen and oxygen atoms in total. The predicted octanol–water partition coefficient (Wildman–Crippen LogP) is 1.70. The molecule has 0 aromatic carbocycles. The van der Waals surface area contributed by atoms with E-state index in [1.54, 1.807) is 6.92 Å². The first kappa shape index (κ1) is 9.50. The van der Waals surface area contributed by atoms with Gasteiger partial charge >= 0.3 is 5.97 Å². The molecular formula is C7H8INO3. The van der Waals surface area contributed by atoms with Crippen LogP contribution in [0.15, 0.2) is 4.42 Å². The third-order valence-electron chi connectivity index (χ3n) is 1.33. The van der Waals surface area contributed by atoms with Crippen molar-refractivity contribution in [2.75, 3.05) is 7.11 Å². The maximum atomic E-state index is 11.0. The Kier molecular flexibility index (Phi) is 3.07. The maximum absolute atomic E-state index is 11.0. The lowest BCUT2D eigenvalue weighted by molar-refractivity contribution is 0.0593. The number of carbonyl (C=O) groups is 1. The average molecular weight is 281 g/mol. The number of methoxy groups -OCH3 is 1. The molecule has 1 heterocycles. The van der Waals surface area contributed by atoms with Crippen LogP contribution in [0.5, 0.6) is 0 Å². The van der Waals surface area contributed by atoms with E-state index in [2.05, 4.69) is 32.3 Å². The van der Waals surface area contributed by atoms with Crippen LogP contribution in [0.4, 0.5) is 0 Å². The first-order chi connectivity index (χ1) is 5.69. The second-order valence-corrected chi connectivity index (χ2v) is 2.90. The van der Waals surface area contributed by atoms with E-state index in [4.69, 9.17) is 4.42 Å². The van der Waals surface area contributed by atoms with Crippen LogP contribution in [0.3, 0.4) is 0 Å². The Labute approximate surface area is 83.4 Å². The van der Waals surface area contributed by atoms with Gasteiger partial charge in [-0.15, -0.1) is 0 Å². The number of oxazole rings is 1. The highest BCUT2D eigenvalue weighted by Gasteiger charge is 2.16. The molecule has 5 heteroatoms. The summed E-state index contributed by atoms with van der Waals surface area (Å²) in [5.41, 5.74) is 0.268. The number of alkyl halides is 1. The predicted molar refractivity (Wildman–Crippen MR) is 50.3 cm³/mol. The van der Waals surface area contributed by atoms with Gasteiger partial charge in [-0.1, -0.05) is 22.6 Å². The summed E-state index contributed by atoms with van der Waals surface area (Å²) in [6, 6.07) is 0. The van der Waals surface area contributed by atoms with Gasteiger partial charge in [0.2, 0.25) is 5.89 Å². The number of esters is 1. The lowest BCUT2D eigenvalue weighted by Crippen LogP contribution is -2.03. The number of halogens is 1. The molecule has 0 amide bonds. The number of aromatic nitrogens is 1. The molecule has 0 aliphatic heterocycles. The lowest BCUT2D eigenvalue weighted by Gasteiger charge is -1.91. The van der Waals surface area contributed by atoms with E-state index in [-0.39, 0.29) is 5.69 Å². The minimum atomic E-state index is -0.452. The van der Waals surface area contributed by atoms with Crippen LogP contribution in [0.2, 0.25) is 0 Å². The van der Waals surface area contributed by atoms with Crippen molar-refractivity contribution in [2.45, 2.75) is 11.4 Å². The summed E-state index contributed by atoms with van der Waals surface area (Å²) in [6.45, 7) is 1.69. The summed E-state index contributed by atoms with van der Waals surface area (Å²) in [6.07, 6.45) is 0. The fourth-order valence-electron chi connectivity index (χ4n) is 0.795. The summed E-state index contributed by atoms with van der Waals surface area (Å²) in [5.74, 6) is 0.606. The summed E-state index contributed by atoms with van der Waals surface area (Å²) in [7, 11) is 1.32. The Hall–Kier alpha value is -0.590. The third-order valence-corrected chi connectivity index (χ3v) is 1.99. The molecule has 1 rings (SSSR count). The van der Waals surface area contributed by atoms with Gasteiger partial charge < -0.3 is 9.15 Å². The van der Waals surface area contributed by atoms with E-state index in [1.807, 2.05) is 0 Å². The average Bonchev–Trinajstić information content (AvgIpc) is 2.45. The minimum absolute atomic E-state index is 0.268. The van der Waals surface area contributed by atoms with Gasteiger partial charge in [0, 0.05) is 0 Å². The number of ether oxygens (including phenoxy) is 1. The molecule has 1 aromatic heterocycles. The largest absolute Gasteiger partial charge is 0.464 e. The first-order valence-corrected chi connectivity index (χ1v) is 4.82. The molecule has 0 saturated carbocycles. The zero-order valence-corrected chi connectivity index (χ0v) is 8.91. The molecule has 1 aromatic rings. The smallest absolute Gasteiger partial charge is 0.360 e. The maximum Gasteiger partial charge on any atom is 0.360 e. The van der Waals surface area contributed by atoms with E-state index in [9.17, 15) is 4.79 Å². The molecule has 0 unspecified atom stereocenters. The van der Waals surface area contributed by atoms with Crippen LogP contribution < -0.4 is 0 Å². The lowest BCUT2D eigenvalue weighted by atomic mass is 10.4. The van der Waals surface area contributed by atoms with Crippen molar-refractivity contribution < 1.29 is 13.9 Å². The number of aryl methyl sites for hydroxylation is 1. The number of nitrogens with zero attached hydrogens (tertiary/aromatic N) is 1. The number of hydrogen-bond donors (Lipinski definition) is 0. The second-order valence-electron chi connectivity index (χ2n) is 2.14. The van der Waals surface area contributed by atoms with Crippen LogP contribution >= 0.6 is 22.6 Å². The summed E-state index contributed by atoms with van der Waals surface area (Å²) in [5, 5.41) is 0. The molecule has 0 fully saturated rings. The molecule has 0 N–H and O–H groups in total. The van der Waals surface area contributed by atoms with Gasteiger partial charge in [0.25, 0.3) is 0 Å². The van der Waals surface area contributed by atoms with Crippen LogP contribution in [-0.4, -0.2) is 18.1 Å². The Morgan fingerprint density at radius 1 is 1.75 bits per heavy atom. The van der Waals surface area contributed by atoms with E-state index in [1.165, 1.54) is 7.11 Å². The van der Waals surface area contributed by atoms with Crippen molar-refractivity contribution in [3.63, 3.8) is 0 Å². The number of carbonyl (C=O) groups excluding carboxylic acids is 1. The van der Waals surface area contributed by atoms with Crippen molar-refractivity contribution in [1.82, 2.24) is 4.98 Å². The van der Waals surface area contributed by atoms with Crippen LogP contribution in [-0.2, 0) is 9.16 Å². The van der Waals surface area contributed by atoms with Gasteiger partial charge in [-0.2, -0.15) is 0 Å². The first-order valence-electron chi connectivity index (χ1n) is 3.29.